The first-order valence-corrected chi connectivity index (χ1v) is 5.52. The summed E-state index contributed by atoms with van der Waals surface area (Å²) in [5.74, 6) is -0.491. The molecule has 0 saturated carbocycles. The largest absolute Gasteiger partial charge is 0.469 e. The number of rotatable bonds is 0. The van der Waals surface area contributed by atoms with Crippen LogP contribution in [0.15, 0.2) is 24.3 Å². The highest BCUT2D eigenvalue weighted by atomic mass is 35.5. The number of aryl methyl sites for hydroxylation is 1. The van der Waals surface area contributed by atoms with Crippen molar-refractivity contribution in [2.24, 2.45) is 0 Å². The number of benzene rings is 1. The van der Waals surface area contributed by atoms with E-state index >= 15 is 0 Å². The Balaban J connectivity index is 0. The van der Waals surface area contributed by atoms with Gasteiger partial charge in [-0.2, -0.15) is 0 Å². The fourth-order valence-electron chi connectivity index (χ4n) is 0.606. The monoisotopic (exact) mass is 274 g/mol. The Hall–Kier alpha value is -1.55. The summed E-state index contributed by atoms with van der Waals surface area (Å²) in [4.78, 5) is 19.2. The van der Waals surface area contributed by atoms with Crippen LogP contribution in [0, 0.1) is 6.92 Å². The summed E-state index contributed by atoms with van der Waals surface area (Å²) in [5.41, 5.74) is 1.21. The Morgan fingerprint density at radius 3 is 1.61 bits per heavy atom. The van der Waals surface area contributed by atoms with E-state index in [9.17, 15) is 9.59 Å². The van der Waals surface area contributed by atoms with Crippen molar-refractivity contribution >= 4 is 23.5 Å². The first kappa shape index (κ1) is 18.8. The van der Waals surface area contributed by atoms with Gasteiger partial charge in [0.15, 0.2) is 0 Å². The maximum Gasteiger partial charge on any atom is 0.302 e. The van der Waals surface area contributed by atoms with Gasteiger partial charge in [0.1, 0.15) is 0 Å². The second kappa shape index (κ2) is 11.9. The molecule has 4 nitrogen and oxygen atoms in total. The summed E-state index contributed by atoms with van der Waals surface area (Å²) in [6.45, 7) is 4.74. The third-order valence-corrected chi connectivity index (χ3v) is 1.79. The highest BCUT2D eigenvalue weighted by Gasteiger charge is 1.82. The SMILES string of the molecule is COC(C)=O.COC(C)=O.Cc1cccc(Cl)c1. The lowest BCUT2D eigenvalue weighted by Crippen LogP contribution is -1.88. The Labute approximate surface area is 113 Å². The van der Waals surface area contributed by atoms with Crippen molar-refractivity contribution in [3.8, 4) is 0 Å². The van der Waals surface area contributed by atoms with E-state index in [1.54, 1.807) is 0 Å². The van der Waals surface area contributed by atoms with Gasteiger partial charge < -0.3 is 9.47 Å². The number of carbonyl (C=O) groups is 2. The molecule has 5 heteroatoms. The van der Waals surface area contributed by atoms with Crippen molar-refractivity contribution in [1.29, 1.82) is 0 Å². The molecule has 0 aromatic heterocycles. The van der Waals surface area contributed by atoms with Crippen LogP contribution in [-0.2, 0) is 19.1 Å². The molecule has 0 aliphatic heterocycles. The van der Waals surface area contributed by atoms with Crippen LogP contribution < -0.4 is 0 Å². The Kier molecular flexibility index (Phi) is 12.5. The molecule has 0 radical (unpaired) electrons. The molecule has 0 spiro atoms. The van der Waals surface area contributed by atoms with Crippen molar-refractivity contribution in [2.75, 3.05) is 14.2 Å². The molecule has 0 saturated heterocycles. The van der Waals surface area contributed by atoms with Gasteiger partial charge in [-0.15, -0.1) is 0 Å². The number of esters is 2. The van der Waals surface area contributed by atoms with Crippen LogP contribution in [0.5, 0.6) is 0 Å². The van der Waals surface area contributed by atoms with E-state index in [1.807, 2.05) is 31.2 Å². The summed E-state index contributed by atoms with van der Waals surface area (Å²) in [7, 11) is 2.70. The molecule has 0 aliphatic carbocycles. The lowest BCUT2D eigenvalue weighted by molar-refractivity contribution is -0.138. The summed E-state index contributed by atoms with van der Waals surface area (Å²) >= 11 is 5.64. The van der Waals surface area contributed by atoms with Gasteiger partial charge in [0.25, 0.3) is 0 Å². The molecule has 0 heterocycles. The van der Waals surface area contributed by atoms with Gasteiger partial charge in [0.05, 0.1) is 14.2 Å². The smallest absolute Gasteiger partial charge is 0.302 e. The number of methoxy groups -OCH3 is 2. The molecule has 102 valence electrons. The first-order chi connectivity index (χ1) is 8.33. The van der Waals surface area contributed by atoms with E-state index < -0.39 is 0 Å². The van der Waals surface area contributed by atoms with Gasteiger partial charge >= 0.3 is 11.9 Å². The molecule has 18 heavy (non-hydrogen) atoms. The van der Waals surface area contributed by atoms with Gasteiger partial charge in [-0.3, -0.25) is 9.59 Å². The second-order valence-electron chi connectivity index (χ2n) is 3.19. The number of hydrogen-bond acceptors (Lipinski definition) is 4. The van der Waals surface area contributed by atoms with Crippen LogP contribution in [0.4, 0.5) is 0 Å². The van der Waals surface area contributed by atoms with Crippen LogP contribution >= 0.6 is 11.6 Å². The molecule has 0 N–H and O–H groups in total. The Morgan fingerprint density at radius 1 is 1.06 bits per heavy atom. The number of ether oxygens (including phenoxy) is 2. The Morgan fingerprint density at radius 2 is 1.44 bits per heavy atom. The van der Waals surface area contributed by atoms with E-state index in [4.69, 9.17) is 11.6 Å². The van der Waals surface area contributed by atoms with Gasteiger partial charge in [0.2, 0.25) is 0 Å². The van der Waals surface area contributed by atoms with Crippen molar-refractivity contribution < 1.29 is 19.1 Å². The Bertz CT molecular complexity index is 333. The van der Waals surface area contributed by atoms with Gasteiger partial charge in [-0.05, 0) is 24.6 Å². The van der Waals surface area contributed by atoms with Crippen LogP contribution in [0.2, 0.25) is 5.02 Å². The molecule has 1 aromatic carbocycles. The number of halogens is 1. The molecule has 0 amide bonds. The zero-order chi connectivity index (χ0) is 14.6. The lowest BCUT2D eigenvalue weighted by Gasteiger charge is -1.88. The summed E-state index contributed by atoms with van der Waals surface area (Å²) in [6.07, 6.45) is 0. The summed E-state index contributed by atoms with van der Waals surface area (Å²) in [6, 6.07) is 7.76. The standard InChI is InChI=1S/C7H7Cl.2C3H6O2/c1-6-3-2-4-7(8)5-6;2*1-3(4)5-2/h2-5H,1H3;2*1-2H3. The molecular formula is C13H19ClO4. The van der Waals surface area contributed by atoms with E-state index in [2.05, 4.69) is 9.47 Å². The topological polar surface area (TPSA) is 52.6 Å². The van der Waals surface area contributed by atoms with Gasteiger partial charge in [-0.1, -0.05) is 23.7 Å². The predicted molar refractivity (Wildman–Crippen MR) is 71.6 cm³/mol. The molecule has 0 aliphatic rings. The van der Waals surface area contributed by atoms with Gasteiger partial charge in [-0.25, -0.2) is 0 Å². The zero-order valence-corrected chi connectivity index (χ0v) is 12.1. The molecular weight excluding hydrogens is 256 g/mol. The third-order valence-electron chi connectivity index (χ3n) is 1.56. The van der Waals surface area contributed by atoms with Crippen molar-refractivity contribution in [3.05, 3.63) is 34.9 Å². The van der Waals surface area contributed by atoms with E-state index in [-0.39, 0.29) is 11.9 Å². The summed E-state index contributed by atoms with van der Waals surface area (Å²) < 4.78 is 8.22. The fourth-order valence-corrected chi connectivity index (χ4v) is 0.850. The average molecular weight is 275 g/mol. The van der Waals surface area contributed by atoms with Crippen molar-refractivity contribution in [2.45, 2.75) is 20.8 Å². The molecule has 1 aromatic rings. The third kappa shape index (κ3) is 16.9. The lowest BCUT2D eigenvalue weighted by atomic mass is 10.2. The van der Waals surface area contributed by atoms with Gasteiger partial charge in [0, 0.05) is 18.9 Å². The summed E-state index contributed by atoms with van der Waals surface area (Å²) in [5, 5.41) is 0.810. The fraction of sp³-hybridized carbons (Fsp3) is 0.385. The van der Waals surface area contributed by atoms with Crippen LogP contribution in [0.3, 0.4) is 0 Å². The minimum atomic E-state index is -0.245. The zero-order valence-electron chi connectivity index (χ0n) is 11.3. The quantitative estimate of drug-likeness (QED) is 0.683. The van der Waals surface area contributed by atoms with E-state index in [0.29, 0.717) is 0 Å². The molecule has 0 bridgehead atoms. The minimum absolute atomic E-state index is 0.245. The molecule has 0 unspecified atom stereocenters. The van der Waals surface area contributed by atoms with Crippen molar-refractivity contribution in [3.63, 3.8) is 0 Å². The highest BCUT2D eigenvalue weighted by Crippen LogP contribution is 2.08. The highest BCUT2D eigenvalue weighted by molar-refractivity contribution is 6.30. The van der Waals surface area contributed by atoms with Crippen molar-refractivity contribution in [1.82, 2.24) is 0 Å². The number of hydrogen-bond donors (Lipinski definition) is 0. The van der Waals surface area contributed by atoms with Crippen LogP contribution in [0.1, 0.15) is 19.4 Å². The molecule has 0 atom stereocenters. The molecule has 0 fully saturated rings. The minimum Gasteiger partial charge on any atom is -0.469 e. The maximum absolute atomic E-state index is 9.59. The molecule has 1 rings (SSSR count). The van der Waals surface area contributed by atoms with E-state index in [0.717, 1.165) is 5.02 Å². The predicted octanol–water partition coefficient (Wildman–Crippen LogP) is 3.01. The average Bonchev–Trinajstić information content (AvgIpc) is 2.30. The van der Waals surface area contributed by atoms with Crippen LogP contribution in [0.25, 0.3) is 0 Å². The first-order valence-electron chi connectivity index (χ1n) is 5.14. The van der Waals surface area contributed by atoms with Crippen LogP contribution in [-0.4, -0.2) is 26.2 Å². The van der Waals surface area contributed by atoms with E-state index in [1.165, 1.54) is 33.6 Å². The maximum atomic E-state index is 9.59. The normalized spacial score (nSPS) is 7.89. The second-order valence-corrected chi connectivity index (χ2v) is 3.63. The number of carbonyl (C=O) groups excluding carboxylic acids is 2.